The third-order valence-corrected chi connectivity index (χ3v) is 5.80. The van der Waals surface area contributed by atoms with Crippen LogP contribution in [0.1, 0.15) is 41.0 Å². The number of nitrogens with one attached hydrogen (secondary N) is 1. The van der Waals surface area contributed by atoms with Gasteiger partial charge >= 0.3 is 0 Å². The van der Waals surface area contributed by atoms with Gasteiger partial charge < -0.3 is 15.6 Å². The van der Waals surface area contributed by atoms with E-state index in [0.29, 0.717) is 5.92 Å². The van der Waals surface area contributed by atoms with Gasteiger partial charge in [0.1, 0.15) is 0 Å². The van der Waals surface area contributed by atoms with Crippen LogP contribution in [-0.4, -0.2) is 23.5 Å². The molecule has 0 bridgehead atoms. The smallest absolute Gasteiger partial charge is 0.0456 e. The van der Waals surface area contributed by atoms with Gasteiger partial charge in [-0.1, -0.05) is 30.3 Å². The van der Waals surface area contributed by atoms with Crippen LogP contribution >= 0.6 is 0 Å². The molecule has 0 radical (unpaired) electrons. The number of nitrogens with two attached hydrogens (primary N) is 1. The number of aromatic nitrogens is 1. The summed E-state index contributed by atoms with van der Waals surface area (Å²) in [7, 11) is 2.21. The molecule has 1 unspecified atom stereocenters. The molecule has 1 aliphatic carbocycles. The summed E-state index contributed by atoms with van der Waals surface area (Å²) in [4.78, 5) is 5.76. The number of rotatable bonds is 2. The first-order valence-electron chi connectivity index (χ1n) is 8.80. The first-order chi connectivity index (χ1) is 11.6. The van der Waals surface area contributed by atoms with Crippen molar-refractivity contribution in [3.05, 3.63) is 70.9 Å². The summed E-state index contributed by atoms with van der Waals surface area (Å²) in [6, 6.07) is 15.9. The fourth-order valence-corrected chi connectivity index (χ4v) is 4.15. The summed E-state index contributed by atoms with van der Waals surface area (Å²) < 4.78 is 0. The fourth-order valence-electron chi connectivity index (χ4n) is 4.15. The molecule has 122 valence electrons. The molecular weight excluding hydrogens is 294 g/mol. The van der Waals surface area contributed by atoms with Gasteiger partial charge in [0, 0.05) is 36.3 Å². The summed E-state index contributed by atoms with van der Waals surface area (Å²) >= 11 is 0. The Labute approximate surface area is 142 Å². The van der Waals surface area contributed by atoms with Gasteiger partial charge in [0.05, 0.1) is 0 Å². The highest BCUT2D eigenvalue weighted by atomic mass is 15.1. The third kappa shape index (κ3) is 2.20. The van der Waals surface area contributed by atoms with E-state index in [4.69, 9.17) is 5.73 Å². The van der Waals surface area contributed by atoms with Gasteiger partial charge in [0.25, 0.3) is 0 Å². The number of hydrogen-bond acceptors (Lipinski definition) is 2. The second-order valence-electron chi connectivity index (χ2n) is 7.64. The molecule has 3 aromatic rings. The molecule has 3 nitrogen and oxygen atoms in total. The summed E-state index contributed by atoms with van der Waals surface area (Å²) in [6.07, 6.45) is 4.25. The minimum atomic E-state index is -0.0519. The normalized spacial score (nSPS) is 22.5. The van der Waals surface area contributed by atoms with E-state index in [-0.39, 0.29) is 5.54 Å². The van der Waals surface area contributed by atoms with Crippen molar-refractivity contribution in [1.29, 1.82) is 0 Å². The minimum absolute atomic E-state index is 0.0519. The maximum atomic E-state index is 6.41. The van der Waals surface area contributed by atoms with Crippen LogP contribution in [-0.2, 0) is 12.1 Å². The predicted molar refractivity (Wildman–Crippen MR) is 98.0 cm³/mol. The second kappa shape index (κ2) is 4.95. The van der Waals surface area contributed by atoms with Crippen LogP contribution in [0.15, 0.2) is 48.7 Å². The van der Waals surface area contributed by atoms with E-state index < -0.39 is 0 Å². The Bertz CT molecular complexity index is 920. The maximum absolute atomic E-state index is 6.41. The van der Waals surface area contributed by atoms with E-state index >= 15 is 0 Å². The van der Waals surface area contributed by atoms with Gasteiger partial charge in [-0.05, 0) is 59.7 Å². The average molecular weight is 317 g/mol. The zero-order valence-electron chi connectivity index (χ0n) is 14.0. The molecule has 0 amide bonds. The highest BCUT2D eigenvalue weighted by molar-refractivity contribution is 5.80. The standard InChI is InChI=1S/C21H23N3/c1-24-12-16-10-17(21(22)7-8-21)4-5-18(16)19(13-24)15-3-2-14-6-9-23-20(14)11-15/h2-6,9-11,19,23H,7-8,12-13,22H2,1H3. The molecule has 5 rings (SSSR count). The van der Waals surface area contributed by atoms with Crippen molar-refractivity contribution in [1.82, 2.24) is 9.88 Å². The summed E-state index contributed by atoms with van der Waals surface area (Å²) in [6.45, 7) is 2.08. The topological polar surface area (TPSA) is 45.0 Å². The quantitative estimate of drug-likeness (QED) is 0.757. The molecule has 2 heterocycles. The molecule has 1 saturated carbocycles. The molecule has 3 heteroatoms. The van der Waals surface area contributed by atoms with E-state index in [1.807, 2.05) is 6.20 Å². The molecule has 1 fully saturated rings. The Balaban J connectivity index is 1.60. The monoisotopic (exact) mass is 317 g/mol. The van der Waals surface area contributed by atoms with Gasteiger partial charge in [-0.15, -0.1) is 0 Å². The van der Waals surface area contributed by atoms with Gasteiger partial charge in [-0.2, -0.15) is 0 Å². The van der Waals surface area contributed by atoms with Gasteiger partial charge in [-0.25, -0.2) is 0 Å². The van der Waals surface area contributed by atoms with Gasteiger partial charge in [-0.3, -0.25) is 0 Å². The maximum Gasteiger partial charge on any atom is 0.0456 e. The van der Waals surface area contributed by atoms with Crippen LogP contribution < -0.4 is 5.73 Å². The van der Waals surface area contributed by atoms with Crippen molar-refractivity contribution in [3.63, 3.8) is 0 Å². The molecule has 24 heavy (non-hydrogen) atoms. The van der Waals surface area contributed by atoms with E-state index in [0.717, 1.165) is 25.9 Å². The Morgan fingerprint density at radius 1 is 1.12 bits per heavy atom. The van der Waals surface area contributed by atoms with E-state index in [1.54, 1.807) is 0 Å². The third-order valence-electron chi connectivity index (χ3n) is 5.80. The molecule has 3 N–H and O–H groups in total. The Kier molecular flexibility index (Phi) is 2.94. The SMILES string of the molecule is CN1Cc2cc(C3(N)CC3)ccc2C(c2ccc3cc[nH]c3c2)C1. The predicted octanol–water partition coefficient (Wildman–Crippen LogP) is 3.69. The number of likely N-dealkylation sites (N-methyl/N-ethyl adjacent to an activating group) is 1. The van der Waals surface area contributed by atoms with Gasteiger partial charge in [0.2, 0.25) is 0 Å². The van der Waals surface area contributed by atoms with Crippen molar-refractivity contribution in [2.75, 3.05) is 13.6 Å². The van der Waals surface area contributed by atoms with Crippen LogP contribution in [0.25, 0.3) is 10.9 Å². The first kappa shape index (κ1) is 14.3. The van der Waals surface area contributed by atoms with Crippen LogP contribution in [0.5, 0.6) is 0 Å². The van der Waals surface area contributed by atoms with Crippen molar-refractivity contribution >= 4 is 10.9 Å². The number of benzene rings is 2. The molecule has 1 aliphatic heterocycles. The van der Waals surface area contributed by atoms with Crippen LogP contribution in [0, 0.1) is 0 Å². The van der Waals surface area contributed by atoms with Crippen molar-refractivity contribution in [3.8, 4) is 0 Å². The summed E-state index contributed by atoms with van der Waals surface area (Å²) in [5, 5.41) is 1.28. The largest absolute Gasteiger partial charge is 0.361 e. The van der Waals surface area contributed by atoms with Crippen molar-refractivity contribution in [2.45, 2.75) is 30.8 Å². The number of fused-ring (bicyclic) bond motifs is 2. The number of aromatic amines is 1. The van der Waals surface area contributed by atoms with Crippen LogP contribution in [0.4, 0.5) is 0 Å². The Hall–Kier alpha value is -2.10. The summed E-state index contributed by atoms with van der Waals surface area (Å²) in [5.74, 6) is 0.424. The fraction of sp³-hybridized carbons (Fsp3) is 0.333. The second-order valence-corrected chi connectivity index (χ2v) is 7.64. The lowest BCUT2D eigenvalue weighted by Crippen LogP contribution is -2.31. The van der Waals surface area contributed by atoms with Gasteiger partial charge in [0.15, 0.2) is 0 Å². The van der Waals surface area contributed by atoms with E-state index in [1.165, 1.54) is 33.2 Å². The highest BCUT2D eigenvalue weighted by Gasteiger charge is 2.40. The van der Waals surface area contributed by atoms with Crippen LogP contribution in [0.2, 0.25) is 0 Å². The lowest BCUT2D eigenvalue weighted by atomic mass is 9.83. The molecule has 0 saturated heterocycles. The zero-order valence-corrected chi connectivity index (χ0v) is 14.0. The Morgan fingerprint density at radius 3 is 2.83 bits per heavy atom. The van der Waals surface area contributed by atoms with Crippen molar-refractivity contribution in [2.24, 2.45) is 5.73 Å². The van der Waals surface area contributed by atoms with E-state index in [9.17, 15) is 0 Å². The summed E-state index contributed by atoms with van der Waals surface area (Å²) in [5.41, 5.74) is 13.2. The average Bonchev–Trinajstić information content (AvgIpc) is 3.17. The zero-order chi connectivity index (χ0) is 16.3. The molecular formula is C21H23N3. The highest BCUT2D eigenvalue weighted by Crippen LogP contribution is 2.44. The lowest BCUT2D eigenvalue weighted by Gasteiger charge is -2.33. The molecule has 0 spiro atoms. The van der Waals surface area contributed by atoms with E-state index in [2.05, 4.69) is 59.4 Å². The molecule has 2 aromatic carbocycles. The first-order valence-corrected chi connectivity index (χ1v) is 8.80. The molecule has 1 atom stereocenters. The number of nitrogens with zero attached hydrogens (tertiary/aromatic N) is 1. The Morgan fingerprint density at radius 2 is 2.00 bits per heavy atom. The van der Waals surface area contributed by atoms with Crippen LogP contribution in [0.3, 0.4) is 0 Å². The number of H-pyrrole nitrogens is 1. The number of hydrogen-bond donors (Lipinski definition) is 2. The lowest BCUT2D eigenvalue weighted by molar-refractivity contribution is 0.295. The molecule has 1 aromatic heterocycles. The van der Waals surface area contributed by atoms with Crippen molar-refractivity contribution < 1.29 is 0 Å². The molecule has 2 aliphatic rings. The minimum Gasteiger partial charge on any atom is -0.361 e.